The number of hydrogen-bond acceptors (Lipinski definition) is 16. The van der Waals surface area contributed by atoms with Gasteiger partial charge in [0.05, 0.1) is 19.3 Å². The Hall–Kier alpha value is -4.06. The van der Waals surface area contributed by atoms with E-state index in [2.05, 4.69) is 16.4 Å². The van der Waals surface area contributed by atoms with Crippen molar-refractivity contribution in [2.45, 2.75) is 131 Å². The van der Waals surface area contributed by atoms with Gasteiger partial charge in [0.2, 0.25) is 17.7 Å². The second kappa shape index (κ2) is 26.6. The molecule has 21 heteroatoms. The van der Waals surface area contributed by atoms with Gasteiger partial charge in [0.1, 0.15) is 54.6 Å². The zero-order valence-electron chi connectivity index (χ0n) is 39.6. The zero-order chi connectivity index (χ0) is 51.3. The van der Waals surface area contributed by atoms with E-state index in [0.717, 1.165) is 69.0 Å². The molecule has 2 aliphatic carbocycles. The summed E-state index contributed by atoms with van der Waals surface area (Å²) < 4.78 is 6.26. The molecule has 8 atom stereocenters. The number of aliphatic hydroxyl groups is 10. The number of aryl methyl sites for hydroxylation is 1. The third kappa shape index (κ3) is 15.7. The Bertz CT molecular complexity index is 2130. The number of aromatic nitrogens is 1. The summed E-state index contributed by atoms with van der Waals surface area (Å²) in [6.45, 7) is -2.54. The van der Waals surface area contributed by atoms with Crippen molar-refractivity contribution in [1.29, 1.82) is 0 Å². The molecule has 11 N–H and O–H groups in total. The maximum atomic E-state index is 13.7. The Kier molecular flexibility index (Phi) is 21.6. The molecule has 1 heterocycles. The van der Waals surface area contributed by atoms with E-state index in [0.29, 0.717) is 35.9 Å². The Balaban J connectivity index is 1.17. The number of hydrogen-bond donors (Lipinski definition) is 11. The highest BCUT2D eigenvalue weighted by Crippen LogP contribution is 2.50. The van der Waals surface area contributed by atoms with E-state index in [9.17, 15) is 55.2 Å². The largest absolute Gasteiger partial charge is 0.490 e. The van der Waals surface area contributed by atoms with E-state index < -0.39 is 86.9 Å². The van der Waals surface area contributed by atoms with Crippen LogP contribution in [-0.4, -0.2) is 197 Å². The molecule has 3 amide bonds. The molecule has 0 radical (unpaired) electrons. The number of para-hydroxylation sites is 1. The molecule has 2 fully saturated rings. The molecule has 0 aliphatic heterocycles. The monoisotopic (exact) mass is 1020 g/mol. The van der Waals surface area contributed by atoms with Crippen molar-refractivity contribution in [3.05, 3.63) is 81.6 Å². The summed E-state index contributed by atoms with van der Waals surface area (Å²) in [6.07, 6.45) is -5.61. The van der Waals surface area contributed by atoms with E-state index in [-0.39, 0.29) is 49.9 Å². The summed E-state index contributed by atoms with van der Waals surface area (Å²) in [5.74, 6) is -0.653. The first-order valence-electron chi connectivity index (χ1n) is 23.6. The van der Waals surface area contributed by atoms with E-state index >= 15 is 0 Å². The number of benzene rings is 2. The van der Waals surface area contributed by atoms with Gasteiger partial charge < -0.3 is 75.8 Å². The van der Waals surface area contributed by atoms with Crippen LogP contribution in [0, 0.1) is 0 Å². The lowest BCUT2D eigenvalue weighted by atomic mass is 9.94. The number of pyridine rings is 1. The third-order valence-electron chi connectivity index (χ3n) is 13.0. The number of halogens is 2. The summed E-state index contributed by atoms with van der Waals surface area (Å²) in [4.78, 5) is 47.9. The normalized spacial score (nSPS) is 17.6. The number of nitrogens with one attached hydrogen (secondary N) is 1. The maximum Gasteiger partial charge on any atom is 0.224 e. The second-order valence-corrected chi connectivity index (χ2v) is 19.3. The van der Waals surface area contributed by atoms with Crippen LogP contribution in [0.1, 0.15) is 74.5 Å². The van der Waals surface area contributed by atoms with Gasteiger partial charge in [-0.15, -0.1) is 0 Å². The third-order valence-corrected chi connectivity index (χ3v) is 13.7. The summed E-state index contributed by atoms with van der Waals surface area (Å²) >= 11 is 13.7. The Labute approximate surface area is 417 Å². The molecule has 388 valence electrons. The first-order chi connectivity index (χ1) is 33.3. The first-order valence-corrected chi connectivity index (χ1v) is 24.4. The Morgan fingerprint density at radius 3 is 1.79 bits per heavy atom. The average Bonchev–Trinajstić information content (AvgIpc) is 4.32. The summed E-state index contributed by atoms with van der Waals surface area (Å²) in [7, 11) is 2.64. The van der Waals surface area contributed by atoms with Crippen molar-refractivity contribution in [2.24, 2.45) is 0 Å². The van der Waals surface area contributed by atoms with Crippen LogP contribution in [0.2, 0.25) is 10.0 Å². The Morgan fingerprint density at radius 2 is 1.24 bits per heavy atom. The number of likely N-dealkylation sites (N-methyl/N-ethyl adjacent to an activating group) is 2. The summed E-state index contributed by atoms with van der Waals surface area (Å²) in [5, 5.41) is 103. The fourth-order valence-electron chi connectivity index (χ4n) is 8.12. The lowest BCUT2D eigenvalue weighted by Gasteiger charge is -2.30. The molecule has 1 aromatic heterocycles. The molecule has 2 aliphatic rings. The van der Waals surface area contributed by atoms with Crippen molar-refractivity contribution >= 4 is 40.9 Å². The number of unbranched alkanes of at least 4 members (excludes halogenated alkanes) is 1. The number of aliphatic hydroxyl groups excluding tert-OH is 10. The number of ether oxygens (including phenoxy) is 1. The highest BCUT2D eigenvalue weighted by atomic mass is 35.5. The molecule has 5 rings (SSSR count). The van der Waals surface area contributed by atoms with Crippen molar-refractivity contribution in [3.63, 3.8) is 0 Å². The van der Waals surface area contributed by atoms with Gasteiger partial charge in [-0.3, -0.25) is 19.4 Å². The lowest BCUT2D eigenvalue weighted by Crippen LogP contribution is -2.50. The van der Waals surface area contributed by atoms with Gasteiger partial charge in [-0.1, -0.05) is 41.4 Å². The van der Waals surface area contributed by atoms with Crippen LogP contribution in [-0.2, 0) is 32.9 Å². The van der Waals surface area contributed by atoms with Crippen molar-refractivity contribution in [3.8, 4) is 16.9 Å². The molecule has 2 saturated carbocycles. The molecule has 3 aromatic rings. The molecular weight excluding hydrogens is 953 g/mol. The average molecular weight is 1020 g/mol. The lowest BCUT2D eigenvalue weighted by molar-refractivity contribution is -0.140. The van der Waals surface area contributed by atoms with Gasteiger partial charge >= 0.3 is 0 Å². The van der Waals surface area contributed by atoms with Gasteiger partial charge in [0, 0.05) is 99.6 Å². The van der Waals surface area contributed by atoms with E-state index in [1.807, 2.05) is 42.6 Å². The van der Waals surface area contributed by atoms with Crippen molar-refractivity contribution in [2.75, 3.05) is 53.5 Å². The standard InChI is InChI=1S/C49H69Cl2N5O14/c1-54(25-37(59)45(66)47(68)39(61)27-57)42(63)14-19-56(20-15-43(64)55(2)26-38(60)46(67)48(69)40(62)28-58)44(65)10-6-3-7-29-21-36(51)30(22-35(29)50)23-53-49(16-17-49)34-24-52-18-13-32(34)33-8-4-5-9-41(33)70-31-11-12-31/h4-5,8-9,13,18,21-22,24,31,37-40,45-48,53,57-62,66-69H,3,6-7,10-12,14-17,19-20,23,25-28H2,1-2H3/t37-,38-,39+,40+,45+,46+,47+,48+/m0/s1. The second-order valence-electron chi connectivity index (χ2n) is 18.4. The molecule has 19 nitrogen and oxygen atoms in total. The zero-order valence-corrected chi connectivity index (χ0v) is 41.1. The fourth-order valence-corrected chi connectivity index (χ4v) is 8.65. The van der Waals surface area contributed by atoms with Gasteiger partial charge in [-0.2, -0.15) is 0 Å². The SMILES string of the molecule is CN(C[C@H](O)[C@@H](O)[C@H](O)[C@H](O)CO)C(=O)CCN(CCC(=O)N(C)C[C@H](O)[C@@H](O)[C@H](O)[C@H](O)CO)C(=O)CCCCc1cc(Cl)c(CNC2(c3cnccc3-c3ccccc3OC3CC3)CC2)cc1Cl. The van der Waals surface area contributed by atoms with Crippen LogP contribution < -0.4 is 10.1 Å². The summed E-state index contributed by atoms with van der Waals surface area (Å²) in [5.41, 5.74) is 4.49. The van der Waals surface area contributed by atoms with Crippen LogP contribution in [0.4, 0.5) is 0 Å². The predicted octanol–water partition coefficient (Wildman–Crippen LogP) is 0.486. The summed E-state index contributed by atoms with van der Waals surface area (Å²) in [6, 6.07) is 13.8. The highest BCUT2D eigenvalue weighted by Gasteiger charge is 2.46. The minimum absolute atomic E-state index is 0.0307. The smallest absolute Gasteiger partial charge is 0.224 e. The topological polar surface area (TPSA) is 297 Å². The number of carbonyl (C=O) groups excluding carboxylic acids is 3. The number of nitrogens with zero attached hydrogens (tertiary/aromatic N) is 4. The van der Waals surface area contributed by atoms with E-state index in [1.165, 1.54) is 19.0 Å². The minimum Gasteiger partial charge on any atom is -0.490 e. The molecule has 0 bridgehead atoms. The van der Waals surface area contributed by atoms with Crippen LogP contribution >= 0.6 is 23.2 Å². The van der Waals surface area contributed by atoms with E-state index in [1.54, 1.807) is 6.20 Å². The van der Waals surface area contributed by atoms with Crippen molar-refractivity contribution < 1.29 is 70.2 Å². The van der Waals surface area contributed by atoms with E-state index in [4.69, 9.17) is 38.2 Å². The van der Waals surface area contributed by atoms with Gasteiger partial charge in [-0.25, -0.2) is 0 Å². The van der Waals surface area contributed by atoms with Gasteiger partial charge in [0.25, 0.3) is 0 Å². The van der Waals surface area contributed by atoms with Crippen LogP contribution in [0.3, 0.4) is 0 Å². The quantitative estimate of drug-likeness (QED) is 0.0405. The number of rotatable bonds is 30. The Morgan fingerprint density at radius 1 is 0.714 bits per heavy atom. The first kappa shape index (κ1) is 56.8. The van der Waals surface area contributed by atoms with Crippen molar-refractivity contribution in [1.82, 2.24) is 25.0 Å². The number of carbonyl (C=O) groups is 3. The minimum atomic E-state index is -1.89. The van der Waals surface area contributed by atoms with Gasteiger partial charge in [-0.05, 0) is 91.5 Å². The molecular formula is C49H69Cl2N5O14. The highest BCUT2D eigenvalue weighted by molar-refractivity contribution is 6.34. The van der Waals surface area contributed by atoms with Crippen LogP contribution in [0.15, 0.2) is 54.9 Å². The van der Waals surface area contributed by atoms with Crippen LogP contribution in [0.25, 0.3) is 11.1 Å². The number of amides is 3. The maximum absolute atomic E-state index is 13.7. The fraction of sp³-hybridized carbons (Fsp3) is 0.592. The van der Waals surface area contributed by atoms with Gasteiger partial charge in [0.15, 0.2) is 0 Å². The molecule has 0 spiro atoms. The molecule has 2 aromatic carbocycles. The predicted molar refractivity (Wildman–Crippen MR) is 258 cm³/mol. The molecule has 0 saturated heterocycles. The van der Waals surface area contributed by atoms with Crippen LogP contribution in [0.5, 0.6) is 5.75 Å². The molecule has 0 unspecified atom stereocenters. The molecule has 70 heavy (non-hydrogen) atoms.